The van der Waals surface area contributed by atoms with Gasteiger partial charge in [0.25, 0.3) is 11.8 Å². The molecule has 1 N–H and O–H groups in total. The fourth-order valence-corrected chi connectivity index (χ4v) is 7.41. The Morgan fingerprint density at radius 2 is 1.46 bits per heavy atom. The van der Waals surface area contributed by atoms with Crippen LogP contribution in [-0.4, -0.2) is 37.5 Å². The first kappa shape index (κ1) is 29.7. The summed E-state index contributed by atoms with van der Waals surface area (Å²) >= 11 is 3.50. The van der Waals surface area contributed by atoms with Gasteiger partial charge >= 0.3 is 6.03 Å². The Balaban J connectivity index is 1.34. The topological polar surface area (TPSA) is 79.0 Å². The van der Waals surface area contributed by atoms with Gasteiger partial charge in [0.15, 0.2) is 0 Å². The largest absolute Gasteiger partial charge is 0.488 e. The number of hydrogen-bond acceptors (Lipinski definition) is 5. The first-order valence-electron chi connectivity index (χ1n) is 15.4. The summed E-state index contributed by atoms with van der Waals surface area (Å²) in [4.78, 5) is 44.2. The number of nitrogens with zero attached hydrogens (tertiary/aromatic N) is 2. The number of halogens is 1. The normalized spacial score (nSPS) is 19.9. The third kappa shape index (κ3) is 5.43. The summed E-state index contributed by atoms with van der Waals surface area (Å²) in [5.41, 5.74) is 6.69. The van der Waals surface area contributed by atoms with Crippen LogP contribution in [0.4, 0.5) is 16.2 Å². The Morgan fingerprint density at radius 1 is 0.848 bits per heavy atom. The monoisotopic (exact) mass is 673 g/mol. The highest BCUT2D eigenvalue weighted by Gasteiger charge is 2.40. The molecular formula is C38H32BrN3O4. The fraction of sp³-hybridized carbons (Fsp3) is 0.184. The van der Waals surface area contributed by atoms with Crippen LogP contribution in [0.1, 0.15) is 52.5 Å². The van der Waals surface area contributed by atoms with Gasteiger partial charge in [-0.1, -0.05) is 79.4 Å². The maximum absolute atomic E-state index is 14.1. The van der Waals surface area contributed by atoms with E-state index in [2.05, 4.69) is 57.0 Å². The number of hydrogen-bond donors (Lipinski definition) is 1. The SMILES string of the molecule is C=CCOc1ccc(/C=C2\C(=O)NC(=O)N(c3cc4c5c(c3)[C@H](c3ccccc3)CCN5CC[C@@H]4c3ccccc3)C2=O)cc1Br. The van der Waals surface area contributed by atoms with Crippen LogP contribution in [0.25, 0.3) is 6.08 Å². The third-order valence-corrected chi connectivity index (χ3v) is 9.60. The molecule has 0 unspecified atom stereocenters. The molecule has 1 saturated heterocycles. The number of ether oxygens (including phenoxy) is 1. The van der Waals surface area contributed by atoms with Gasteiger partial charge < -0.3 is 9.64 Å². The summed E-state index contributed by atoms with van der Waals surface area (Å²) < 4.78 is 6.30. The molecule has 0 aromatic heterocycles. The van der Waals surface area contributed by atoms with Crippen LogP contribution < -0.4 is 19.9 Å². The van der Waals surface area contributed by atoms with Crippen molar-refractivity contribution in [1.82, 2.24) is 5.32 Å². The van der Waals surface area contributed by atoms with Gasteiger partial charge in [-0.2, -0.15) is 0 Å². The number of nitrogens with one attached hydrogen (secondary N) is 1. The highest BCUT2D eigenvalue weighted by atomic mass is 79.9. The van der Waals surface area contributed by atoms with E-state index >= 15 is 0 Å². The molecule has 0 spiro atoms. The van der Waals surface area contributed by atoms with Crippen molar-refractivity contribution in [2.45, 2.75) is 24.7 Å². The van der Waals surface area contributed by atoms with Gasteiger partial charge in [0, 0.05) is 30.6 Å². The molecule has 0 bridgehead atoms. The minimum absolute atomic E-state index is 0.0967. The molecule has 2 atom stereocenters. The van der Waals surface area contributed by atoms with Crippen molar-refractivity contribution in [2.24, 2.45) is 0 Å². The zero-order valence-electron chi connectivity index (χ0n) is 25.1. The van der Waals surface area contributed by atoms with E-state index in [1.54, 1.807) is 24.3 Å². The van der Waals surface area contributed by atoms with Crippen molar-refractivity contribution in [3.05, 3.63) is 142 Å². The van der Waals surface area contributed by atoms with Crippen LogP contribution in [0, 0.1) is 0 Å². The van der Waals surface area contributed by atoms with Gasteiger partial charge in [0.2, 0.25) is 0 Å². The van der Waals surface area contributed by atoms with Crippen molar-refractivity contribution in [1.29, 1.82) is 0 Å². The summed E-state index contributed by atoms with van der Waals surface area (Å²) in [5, 5.41) is 2.41. The molecule has 7 rings (SSSR count). The summed E-state index contributed by atoms with van der Waals surface area (Å²) in [6.45, 7) is 5.87. The molecule has 3 aliphatic heterocycles. The lowest BCUT2D eigenvalue weighted by Gasteiger charge is -2.44. The lowest BCUT2D eigenvalue weighted by atomic mass is 9.76. The van der Waals surface area contributed by atoms with Gasteiger partial charge in [0.05, 0.1) is 10.2 Å². The molecular weight excluding hydrogens is 642 g/mol. The molecule has 4 aromatic rings. The number of amides is 4. The Kier molecular flexibility index (Phi) is 8.05. The molecule has 1 fully saturated rings. The van der Waals surface area contributed by atoms with Gasteiger partial charge in [-0.15, -0.1) is 0 Å². The maximum atomic E-state index is 14.1. The van der Waals surface area contributed by atoms with Crippen LogP contribution >= 0.6 is 15.9 Å². The minimum Gasteiger partial charge on any atom is -0.488 e. The zero-order valence-corrected chi connectivity index (χ0v) is 26.7. The van der Waals surface area contributed by atoms with Crippen LogP contribution in [0.15, 0.2) is 114 Å². The molecule has 0 saturated carbocycles. The number of carbonyl (C=O) groups is 3. The Bertz CT molecular complexity index is 1820. The summed E-state index contributed by atoms with van der Waals surface area (Å²) in [5.74, 6) is -0.598. The molecule has 7 nitrogen and oxygen atoms in total. The lowest BCUT2D eigenvalue weighted by Crippen LogP contribution is -2.54. The fourth-order valence-electron chi connectivity index (χ4n) is 6.90. The number of carbonyl (C=O) groups excluding carboxylic acids is 3. The van der Waals surface area contributed by atoms with Crippen molar-refractivity contribution >= 4 is 51.2 Å². The molecule has 0 aliphatic carbocycles. The predicted molar refractivity (Wildman–Crippen MR) is 183 cm³/mol. The average Bonchev–Trinajstić information content (AvgIpc) is 3.07. The van der Waals surface area contributed by atoms with Crippen LogP contribution in [0.3, 0.4) is 0 Å². The average molecular weight is 675 g/mol. The number of benzene rings is 4. The van der Waals surface area contributed by atoms with E-state index in [0.717, 1.165) is 42.0 Å². The zero-order chi connectivity index (χ0) is 31.8. The summed E-state index contributed by atoms with van der Waals surface area (Å²) in [7, 11) is 0. The van der Waals surface area contributed by atoms with E-state index in [-0.39, 0.29) is 17.4 Å². The predicted octanol–water partition coefficient (Wildman–Crippen LogP) is 7.56. The minimum atomic E-state index is -0.760. The van der Waals surface area contributed by atoms with E-state index in [9.17, 15) is 14.4 Å². The molecule has 230 valence electrons. The van der Waals surface area contributed by atoms with Gasteiger partial charge in [-0.25, -0.2) is 9.69 Å². The maximum Gasteiger partial charge on any atom is 0.335 e. The van der Waals surface area contributed by atoms with Gasteiger partial charge in [0.1, 0.15) is 17.9 Å². The highest BCUT2D eigenvalue weighted by Crippen LogP contribution is 2.50. The molecule has 3 heterocycles. The third-order valence-electron chi connectivity index (χ3n) is 8.98. The molecule has 46 heavy (non-hydrogen) atoms. The number of urea groups is 1. The van der Waals surface area contributed by atoms with Crippen LogP contribution in [-0.2, 0) is 9.59 Å². The number of anilines is 2. The number of rotatable bonds is 7. The highest BCUT2D eigenvalue weighted by molar-refractivity contribution is 9.10. The lowest BCUT2D eigenvalue weighted by molar-refractivity contribution is -0.122. The molecule has 4 amide bonds. The smallest absolute Gasteiger partial charge is 0.335 e. The molecule has 3 aliphatic rings. The molecule has 8 heteroatoms. The van der Waals surface area contributed by atoms with E-state index in [1.165, 1.54) is 22.9 Å². The quantitative estimate of drug-likeness (QED) is 0.124. The van der Waals surface area contributed by atoms with Gasteiger partial charge in [-0.3, -0.25) is 14.9 Å². The Morgan fingerprint density at radius 3 is 2.02 bits per heavy atom. The Hall–Kier alpha value is -4.95. The summed E-state index contributed by atoms with van der Waals surface area (Å²) in [6, 6.07) is 29.2. The van der Waals surface area contributed by atoms with Crippen molar-refractivity contribution in [3.8, 4) is 5.75 Å². The number of barbiturate groups is 1. The van der Waals surface area contributed by atoms with E-state index in [4.69, 9.17) is 4.74 Å². The van der Waals surface area contributed by atoms with E-state index in [1.807, 2.05) is 48.5 Å². The Labute approximate surface area is 276 Å². The summed E-state index contributed by atoms with van der Waals surface area (Å²) in [6.07, 6.45) is 4.99. The van der Waals surface area contributed by atoms with Gasteiger partial charge in [-0.05, 0) is 86.9 Å². The first-order chi connectivity index (χ1) is 22.4. The molecule has 4 aromatic carbocycles. The van der Waals surface area contributed by atoms with Crippen LogP contribution in [0.5, 0.6) is 5.75 Å². The number of imide groups is 2. The molecule has 0 radical (unpaired) electrons. The van der Waals surface area contributed by atoms with Crippen molar-refractivity contribution in [2.75, 3.05) is 29.5 Å². The van der Waals surface area contributed by atoms with E-state index < -0.39 is 17.8 Å². The standard InChI is InChI=1S/C38H32BrN3O4/c1-2-19-46-34-14-13-24(21-33(34)39)20-32-36(43)40-38(45)42(37(32)44)27-22-30-28(25-9-5-3-6-10-25)15-17-41-18-16-29(31(23-27)35(30)41)26-11-7-4-8-12-26/h2-14,20-23,28-29H,1,15-19H2,(H,40,43,45)/b32-20+/t28-,29+. The second kappa shape index (κ2) is 12.4. The van der Waals surface area contributed by atoms with Crippen molar-refractivity contribution < 1.29 is 19.1 Å². The first-order valence-corrected chi connectivity index (χ1v) is 16.2. The van der Waals surface area contributed by atoms with Crippen molar-refractivity contribution in [3.63, 3.8) is 0 Å². The second-order valence-corrected chi connectivity index (χ2v) is 12.6. The second-order valence-electron chi connectivity index (χ2n) is 11.7. The van der Waals surface area contributed by atoms with Crippen LogP contribution in [0.2, 0.25) is 0 Å². The van der Waals surface area contributed by atoms with E-state index in [0.29, 0.717) is 28.1 Å².